The molecule has 92 valence electrons. The molecule has 0 aromatic rings. The van der Waals surface area contributed by atoms with Crippen LogP contribution in [0.2, 0.25) is 0 Å². The van der Waals surface area contributed by atoms with Gasteiger partial charge in [0.25, 0.3) is 0 Å². The molecule has 1 amide bonds. The van der Waals surface area contributed by atoms with E-state index in [1.165, 1.54) is 0 Å². The number of hydrogen-bond acceptors (Lipinski definition) is 3. The summed E-state index contributed by atoms with van der Waals surface area (Å²) in [6.45, 7) is 8.47. The van der Waals surface area contributed by atoms with E-state index >= 15 is 0 Å². The highest BCUT2D eigenvalue weighted by Crippen LogP contribution is 2.31. The molecular formula is C11H20N2O3. The van der Waals surface area contributed by atoms with E-state index in [-0.39, 0.29) is 11.6 Å². The second kappa shape index (κ2) is 4.05. The van der Waals surface area contributed by atoms with Crippen molar-refractivity contribution in [2.24, 2.45) is 0 Å². The lowest BCUT2D eigenvalue weighted by molar-refractivity contribution is -0.113. The number of rotatable bonds is 2. The molecule has 0 bridgehead atoms. The fourth-order valence-electron chi connectivity index (χ4n) is 2.33. The molecule has 1 fully saturated rings. The average molecular weight is 228 g/mol. The van der Waals surface area contributed by atoms with Gasteiger partial charge in [-0.15, -0.1) is 0 Å². The number of carboxylic acid groups (broad SMARTS) is 1. The van der Waals surface area contributed by atoms with Crippen LogP contribution in [0, 0.1) is 0 Å². The third-order valence-corrected chi connectivity index (χ3v) is 3.01. The molecule has 2 atom stereocenters. The topological polar surface area (TPSA) is 69.6 Å². The van der Waals surface area contributed by atoms with Crippen LogP contribution in [-0.4, -0.2) is 46.1 Å². The number of nitrogens with zero attached hydrogens (tertiary/aromatic N) is 1. The molecule has 2 unspecified atom stereocenters. The van der Waals surface area contributed by atoms with Gasteiger partial charge in [-0.2, -0.15) is 0 Å². The Morgan fingerprint density at radius 2 is 2.12 bits per heavy atom. The van der Waals surface area contributed by atoms with Crippen LogP contribution in [-0.2, 0) is 4.79 Å². The maximum atomic E-state index is 11.0. The lowest BCUT2D eigenvalue weighted by Gasteiger charge is -2.35. The maximum Gasteiger partial charge on any atom is 0.405 e. The lowest BCUT2D eigenvalue weighted by Crippen LogP contribution is -2.50. The number of aldehydes is 1. The molecular weight excluding hydrogens is 208 g/mol. The van der Waals surface area contributed by atoms with Gasteiger partial charge >= 0.3 is 6.09 Å². The molecule has 1 rings (SSSR count). The normalized spacial score (nSPS) is 31.4. The van der Waals surface area contributed by atoms with Crippen LogP contribution >= 0.6 is 0 Å². The summed E-state index contributed by atoms with van der Waals surface area (Å²) in [5.41, 5.74) is -0.672. The first-order chi connectivity index (χ1) is 7.18. The highest BCUT2D eigenvalue weighted by atomic mass is 16.4. The molecule has 16 heavy (non-hydrogen) atoms. The molecule has 0 aliphatic carbocycles. The van der Waals surface area contributed by atoms with Gasteiger partial charge in [0.1, 0.15) is 6.29 Å². The third-order valence-electron chi connectivity index (χ3n) is 3.01. The Morgan fingerprint density at radius 3 is 2.44 bits per heavy atom. The van der Waals surface area contributed by atoms with Crippen LogP contribution in [0.1, 0.15) is 34.1 Å². The first kappa shape index (κ1) is 13.0. The van der Waals surface area contributed by atoms with Crippen molar-refractivity contribution >= 4 is 12.4 Å². The van der Waals surface area contributed by atoms with E-state index in [0.717, 1.165) is 6.29 Å². The monoisotopic (exact) mass is 228 g/mol. The van der Waals surface area contributed by atoms with Gasteiger partial charge in [0.2, 0.25) is 0 Å². The van der Waals surface area contributed by atoms with Crippen molar-refractivity contribution in [1.82, 2.24) is 10.2 Å². The van der Waals surface area contributed by atoms with Gasteiger partial charge in [0.05, 0.1) is 11.6 Å². The molecule has 1 saturated heterocycles. The molecule has 0 spiro atoms. The van der Waals surface area contributed by atoms with E-state index < -0.39 is 11.6 Å². The van der Waals surface area contributed by atoms with Crippen LogP contribution < -0.4 is 5.32 Å². The molecule has 5 nitrogen and oxygen atoms in total. The summed E-state index contributed by atoms with van der Waals surface area (Å²) in [6, 6.07) is -0.211. The summed E-state index contributed by atoms with van der Waals surface area (Å²) in [7, 11) is 0. The smallest absolute Gasteiger partial charge is 0.405 e. The van der Waals surface area contributed by atoms with E-state index in [0.29, 0.717) is 13.0 Å². The summed E-state index contributed by atoms with van der Waals surface area (Å²) in [6.07, 6.45) is 0.392. The minimum Gasteiger partial charge on any atom is -0.465 e. The van der Waals surface area contributed by atoms with Crippen LogP contribution in [0.3, 0.4) is 0 Å². The number of likely N-dealkylation sites (tertiary alicyclic amines) is 1. The van der Waals surface area contributed by atoms with E-state index in [4.69, 9.17) is 5.11 Å². The summed E-state index contributed by atoms with van der Waals surface area (Å²) < 4.78 is 0. The molecule has 0 radical (unpaired) electrons. The largest absolute Gasteiger partial charge is 0.465 e. The van der Waals surface area contributed by atoms with Crippen LogP contribution in [0.15, 0.2) is 0 Å². The van der Waals surface area contributed by atoms with Crippen molar-refractivity contribution in [3.05, 3.63) is 0 Å². The highest BCUT2D eigenvalue weighted by Gasteiger charge is 2.45. The van der Waals surface area contributed by atoms with Crippen molar-refractivity contribution in [3.8, 4) is 0 Å². The molecule has 0 aromatic heterocycles. The van der Waals surface area contributed by atoms with E-state index in [1.54, 1.807) is 0 Å². The van der Waals surface area contributed by atoms with Crippen molar-refractivity contribution in [2.45, 2.75) is 51.2 Å². The highest BCUT2D eigenvalue weighted by molar-refractivity contribution is 5.66. The standard InChI is InChI=1S/C11H20N2O3/c1-10(2,3)13-7-11(4,12-9(15)16)5-8(13)6-14/h6,8,12H,5,7H2,1-4H3,(H,15,16). The van der Waals surface area contributed by atoms with Gasteiger partial charge in [-0.3, -0.25) is 4.90 Å². The lowest BCUT2D eigenvalue weighted by atomic mass is 9.99. The Balaban J connectivity index is 2.84. The molecule has 2 N–H and O–H groups in total. The van der Waals surface area contributed by atoms with E-state index in [2.05, 4.69) is 5.32 Å². The zero-order chi connectivity index (χ0) is 12.6. The predicted molar refractivity (Wildman–Crippen MR) is 60.5 cm³/mol. The van der Waals surface area contributed by atoms with Gasteiger partial charge in [0.15, 0.2) is 0 Å². The Hall–Kier alpha value is -1.10. The molecule has 5 heteroatoms. The summed E-state index contributed by atoms with van der Waals surface area (Å²) >= 11 is 0. The predicted octanol–water partition coefficient (Wildman–Crippen LogP) is 1.08. The minimum atomic E-state index is -1.04. The number of hydrogen-bond donors (Lipinski definition) is 2. The third kappa shape index (κ3) is 2.72. The first-order valence-electron chi connectivity index (χ1n) is 5.41. The summed E-state index contributed by atoms with van der Waals surface area (Å²) in [5.74, 6) is 0. The Kier molecular flexibility index (Phi) is 3.28. The first-order valence-corrected chi connectivity index (χ1v) is 5.41. The maximum absolute atomic E-state index is 11.0. The summed E-state index contributed by atoms with van der Waals surface area (Å²) in [4.78, 5) is 23.8. The van der Waals surface area contributed by atoms with Crippen molar-refractivity contribution in [2.75, 3.05) is 6.54 Å². The Morgan fingerprint density at radius 1 is 1.56 bits per heavy atom. The number of carbonyl (C=O) groups is 2. The SMILES string of the molecule is CC1(NC(=O)O)CC(C=O)N(C(C)(C)C)C1. The quantitative estimate of drug-likeness (QED) is 0.694. The fraction of sp³-hybridized carbons (Fsp3) is 0.818. The molecule has 1 aliphatic heterocycles. The van der Waals surface area contributed by atoms with Gasteiger partial charge in [0, 0.05) is 12.1 Å². The second-order valence-electron chi connectivity index (χ2n) is 5.70. The number of nitrogens with one attached hydrogen (secondary N) is 1. The zero-order valence-electron chi connectivity index (χ0n) is 10.3. The number of carbonyl (C=O) groups excluding carboxylic acids is 1. The van der Waals surface area contributed by atoms with Crippen molar-refractivity contribution in [1.29, 1.82) is 0 Å². The Bertz CT molecular complexity index is 298. The van der Waals surface area contributed by atoms with Gasteiger partial charge in [-0.1, -0.05) is 0 Å². The van der Waals surface area contributed by atoms with Crippen molar-refractivity contribution < 1.29 is 14.7 Å². The van der Waals surface area contributed by atoms with Crippen LogP contribution in [0.5, 0.6) is 0 Å². The van der Waals surface area contributed by atoms with Crippen molar-refractivity contribution in [3.63, 3.8) is 0 Å². The second-order valence-corrected chi connectivity index (χ2v) is 5.70. The molecule has 1 aliphatic rings. The van der Waals surface area contributed by atoms with Crippen LogP contribution in [0.4, 0.5) is 4.79 Å². The molecule has 0 saturated carbocycles. The minimum absolute atomic E-state index is 0.135. The fourth-order valence-corrected chi connectivity index (χ4v) is 2.33. The van der Waals surface area contributed by atoms with Gasteiger partial charge in [-0.05, 0) is 34.1 Å². The average Bonchev–Trinajstić information content (AvgIpc) is 2.40. The van der Waals surface area contributed by atoms with Crippen LogP contribution in [0.25, 0.3) is 0 Å². The zero-order valence-corrected chi connectivity index (χ0v) is 10.3. The Labute approximate surface area is 95.8 Å². The molecule has 0 aromatic carbocycles. The summed E-state index contributed by atoms with van der Waals surface area (Å²) in [5, 5.41) is 11.3. The van der Waals surface area contributed by atoms with Gasteiger partial charge in [-0.25, -0.2) is 4.79 Å². The van der Waals surface area contributed by atoms with E-state index in [1.807, 2.05) is 32.6 Å². The molecule has 1 heterocycles. The van der Waals surface area contributed by atoms with E-state index in [9.17, 15) is 9.59 Å². The van der Waals surface area contributed by atoms with Gasteiger partial charge < -0.3 is 15.2 Å². The number of amides is 1.